The summed E-state index contributed by atoms with van der Waals surface area (Å²) in [4.78, 5) is 40.9. The minimum absolute atomic E-state index is 0.208. The summed E-state index contributed by atoms with van der Waals surface area (Å²) >= 11 is 0. The second-order valence-corrected chi connectivity index (χ2v) is 10.2. The molecule has 1 aliphatic heterocycles. The van der Waals surface area contributed by atoms with Gasteiger partial charge in [0.1, 0.15) is 18.0 Å². The van der Waals surface area contributed by atoms with E-state index in [9.17, 15) is 9.59 Å². The van der Waals surface area contributed by atoms with Crippen LogP contribution in [-0.4, -0.2) is 95.0 Å². The Balaban J connectivity index is 1.37. The first-order valence-electron chi connectivity index (χ1n) is 14.2. The Morgan fingerprint density at radius 3 is 2.61 bits per heavy atom. The van der Waals surface area contributed by atoms with Gasteiger partial charge in [-0.2, -0.15) is 9.78 Å². The van der Waals surface area contributed by atoms with Gasteiger partial charge in [-0.05, 0) is 37.6 Å². The highest BCUT2D eigenvalue weighted by molar-refractivity contribution is 6.04. The van der Waals surface area contributed by atoms with Gasteiger partial charge in [-0.1, -0.05) is 6.07 Å². The third-order valence-electron chi connectivity index (χ3n) is 7.04. The molecule has 1 fully saturated rings. The number of pyridine rings is 1. The monoisotopic (exact) mass is 600 g/mol. The number of aromatic nitrogens is 5. The minimum atomic E-state index is -0.342. The number of carbonyl (C=O) groups excluding carboxylic acids is 2. The smallest absolute Gasteiger partial charge is 0.271 e. The quantitative estimate of drug-likeness (QED) is 0.200. The van der Waals surface area contributed by atoms with Crippen LogP contribution in [0.2, 0.25) is 0 Å². The van der Waals surface area contributed by atoms with Gasteiger partial charge in [-0.3, -0.25) is 14.5 Å². The summed E-state index contributed by atoms with van der Waals surface area (Å²) < 4.78 is 12.2. The van der Waals surface area contributed by atoms with Crippen molar-refractivity contribution < 1.29 is 19.1 Å². The largest absolute Gasteiger partial charge is 0.481 e. The number of morpholine rings is 1. The van der Waals surface area contributed by atoms with Gasteiger partial charge in [-0.15, -0.1) is 0 Å². The normalized spacial score (nSPS) is 13.3. The van der Waals surface area contributed by atoms with Gasteiger partial charge >= 0.3 is 0 Å². The maximum absolute atomic E-state index is 13.0. The lowest BCUT2D eigenvalue weighted by Crippen LogP contribution is -2.39. The molecule has 0 aliphatic carbocycles. The highest BCUT2D eigenvalue weighted by Gasteiger charge is 2.18. The molecule has 0 atom stereocenters. The summed E-state index contributed by atoms with van der Waals surface area (Å²) in [5.41, 5.74) is 3.49. The van der Waals surface area contributed by atoms with Crippen LogP contribution in [0.4, 0.5) is 23.0 Å². The fraction of sp³-hybridized carbons (Fsp3) is 0.333. The Kier molecular flexibility index (Phi) is 9.62. The number of methoxy groups -OCH3 is 1. The molecule has 0 radical (unpaired) electrons. The zero-order valence-electron chi connectivity index (χ0n) is 25.2. The van der Waals surface area contributed by atoms with Crippen LogP contribution in [0.3, 0.4) is 0 Å². The number of nitrogens with zero attached hydrogens (tertiary/aromatic N) is 6. The van der Waals surface area contributed by atoms with E-state index in [0.717, 1.165) is 38.4 Å². The molecule has 0 bridgehead atoms. The summed E-state index contributed by atoms with van der Waals surface area (Å²) in [7, 11) is 3.05. The molecule has 0 spiro atoms. The molecule has 14 heteroatoms. The van der Waals surface area contributed by atoms with Gasteiger partial charge in [-0.25, -0.2) is 15.0 Å². The Morgan fingerprint density at radius 1 is 1.02 bits per heavy atom. The number of benzene rings is 1. The van der Waals surface area contributed by atoms with Gasteiger partial charge in [0.2, 0.25) is 5.88 Å². The third kappa shape index (κ3) is 7.46. The Labute approximate surface area is 255 Å². The molecule has 0 saturated carbocycles. The van der Waals surface area contributed by atoms with Crippen molar-refractivity contribution in [1.29, 1.82) is 0 Å². The van der Waals surface area contributed by atoms with E-state index in [-0.39, 0.29) is 17.5 Å². The van der Waals surface area contributed by atoms with E-state index in [1.807, 2.05) is 25.1 Å². The number of nitrogens with one attached hydrogen (secondary N) is 4. The fourth-order valence-corrected chi connectivity index (χ4v) is 4.66. The molecule has 2 amide bonds. The van der Waals surface area contributed by atoms with Gasteiger partial charge in [0, 0.05) is 74.1 Å². The number of rotatable bonds is 11. The number of anilines is 4. The van der Waals surface area contributed by atoms with Crippen LogP contribution in [0, 0.1) is 13.8 Å². The average Bonchev–Trinajstić information content (AvgIpc) is 3.46. The van der Waals surface area contributed by atoms with Crippen LogP contribution >= 0.6 is 0 Å². The number of hydrogen-bond acceptors (Lipinski definition) is 11. The molecular formula is C30H36N10O4. The van der Waals surface area contributed by atoms with E-state index < -0.39 is 0 Å². The van der Waals surface area contributed by atoms with Crippen LogP contribution < -0.4 is 26.0 Å². The molecule has 1 aliphatic rings. The number of amides is 2. The van der Waals surface area contributed by atoms with Gasteiger partial charge in [0.05, 0.1) is 20.3 Å². The molecule has 1 aromatic carbocycles. The molecule has 4 N–H and O–H groups in total. The van der Waals surface area contributed by atoms with Crippen molar-refractivity contribution >= 4 is 34.8 Å². The molecule has 14 nitrogen and oxygen atoms in total. The van der Waals surface area contributed by atoms with E-state index in [4.69, 9.17) is 9.47 Å². The molecule has 3 aromatic heterocycles. The van der Waals surface area contributed by atoms with Crippen molar-refractivity contribution in [3.63, 3.8) is 0 Å². The predicted octanol–water partition coefficient (Wildman–Crippen LogP) is 2.78. The second kappa shape index (κ2) is 13.9. The van der Waals surface area contributed by atoms with Crippen molar-refractivity contribution in [1.82, 2.24) is 34.9 Å². The topological polar surface area (TPSA) is 160 Å². The van der Waals surface area contributed by atoms with Crippen molar-refractivity contribution in [3.05, 3.63) is 71.3 Å². The molecule has 230 valence electrons. The Bertz CT molecular complexity index is 1630. The van der Waals surface area contributed by atoms with E-state index in [1.54, 1.807) is 42.9 Å². The SMILES string of the molecule is CNC(=O)c1cc(Nc2cc(NC(=O)c3cc(C)nc(OC)c3)ccc2C)n(-c2cc(NCCN3CCOCC3)ncn2)n1. The first kappa shape index (κ1) is 30.4. The van der Waals surface area contributed by atoms with Gasteiger partial charge < -0.3 is 30.7 Å². The van der Waals surface area contributed by atoms with Gasteiger partial charge in [0.15, 0.2) is 11.5 Å². The van der Waals surface area contributed by atoms with E-state index in [2.05, 4.69) is 46.2 Å². The highest BCUT2D eigenvalue weighted by atomic mass is 16.5. The third-order valence-corrected chi connectivity index (χ3v) is 7.04. The first-order chi connectivity index (χ1) is 21.3. The van der Waals surface area contributed by atoms with Crippen LogP contribution in [0.15, 0.2) is 48.8 Å². The van der Waals surface area contributed by atoms with Crippen molar-refractivity contribution in [3.8, 4) is 11.7 Å². The Hall–Kier alpha value is -5.08. The van der Waals surface area contributed by atoms with E-state index in [0.29, 0.717) is 52.5 Å². The molecule has 44 heavy (non-hydrogen) atoms. The maximum atomic E-state index is 13.0. The molecular weight excluding hydrogens is 564 g/mol. The lowest BCUT2D eigenvalue weighted by Gasteiger charge is -2.26. The van der Waals surface area contributed by atoms with E-state index in [1.165, 1.54) is 13.4 Å². The van der Waals surface area contributed by atoms with Crippen LogP contribution in [0.5, 0.6) is 5.88 Å². The number of hydrogen-bond donors (Lipinski definition) is 4. The molecule has 5 rings (SSSR count). The highest BCUT2D eigenvalue weighted by Crippen LogP contribution is 2.27. The summed E-state index contributed by atoms with van der Waals surface area (Å²) in [5, 5.41) is 16.8. The predicted molar refractivity (Wildman–Crippen MR) is 166 cm³/mol. The first-order valence-corrected chi connectivity index (χ1v) is 14.2. The van der Waals surface area contributed by atoms with Crippen molar-refractivity contribution in [2.45, 2.75) is 13.8 Å². The van der Waals surface area contributed by atoms with Crippen molar-refractivity contribution in [2.24, 2.45) is 0 Å². The molecule has 1 saturated heterocycles. The number of aryl methyl sites for hydroxylation is 2. The van der Waals surface area contributed by atoms with Crippen LogP contribution in [0.1, 0.15) is 32.1 Å². The van der Waals surface area contributed by atoms with Crippen molar-refractivity contribution in [2.75, 3.05) is 69.5 Å². The number of ether oxygens (including phenoxy) is 2. The molecule has 4 heterocycles. The Morgan fingerprint density at radius 2 is 1.84 bits per heavy atom. The fourth-order valence-electron chi connectivity index (χ4n) is 4.66. The van der Waals surface area contributed by atoms with E-state index >= 15 is 0 Å². The summed E-state index contributed by atoms with van der Waals surface area (Å²) in [6, 6.07) is 12.2. The maximum Gasteiger partial charge on any atom is 0.271 e. The zero-order valence-corrected chi connectivity index (χ0v) is 25.2. The lowest BCUT2D eigenvalue weighted by atomic mass is 10.1. The standard InChI is InChI=1S/C30H36N10O4/c1-19-5-6-22(36-29(41)21-13-20(2)35-28(14-21)43-4)15-23(19)37-27-16-24(30(42)31-3)38-40(27)26-17-25(33-18-34-26)32-7-8-39-9-11-44-12-10-39/h5-6,13-18,37H,7-12H2,1-4H3,(H,31,42)(H,36,41)(H,32,33,34). The molecule has 4 aromatic rings. The van der Waals surface area contributed by atoms with Gasteiger partial charge in [0.25, 0.3) is 11.8 Å². The average molecular weight is 601 g/mol. The molecule has 0 unspecified atom stereocenters. The summed E-state index contributed by atoms with van der Waals surface area (Å²) in [6.45, 7) is 8.60. The lowest BCUT2D eigenvalue weighted by molar-refractivity contribution is 0.0398. The zero-order chi connectivity index (χ0) is 31.1. The minimum Gasteiger partial charge on any atom is -0.481 e. The van der Waals surface area contributed by atoms with Crippen LogP contribution in [-0.2, 0) is 4.74 Å². The second-order valence-electron chi connectivity index (χ2n) is 10.2. The van der Waals surface area contributed by atoms with Crippen LogP contribution in [0.25, 0.3) is 5.82 Å². The summed E-state index contributed by atoms with van der Waals surface area (Å²) in [5.74, 6) is 1.32. The number of carbonyl (C=O) groups is 2. The summed E-state index contributed by atoms with van der Waals surface area (Å²) in [6.07, 6.45) is 1.45.